The number of nitrogens with zero attached hydrogens (tertiary/aromatic N) is 2. The fourth-order valence-corrected chi connectivity index (χ4v) is 0.775. The van der Waals surface area contributed by atoms with Crippen LogP contribution in [0.1, 0.15) is 22.5 Å². The summed E-state index contributed by atoms with van der Waals surface area (Å²) in [6.45, 7) is 0. The largest absolute Gasteiger partial charge is 0.425 e. The number of aliphatic hydroxyl groups is 1. The van der Waals surface area contributed by atoms with Gasteiger partial charge in [-0.3, -0.25) is 0 Å². The number of carbonyl (C=O) groups excluding carboxylic acids is 1. The third-order valence-corrected chi connectivity index (χ3v) is 1.22. The molecule has 1 aromatic rings. The Morgan fingerprint density at radius 1 is 1.60 bits per heavy atom. The number of aliphatic hydroxyl groups excluding tert-OH is 1. The summed E-state index contributed by atoms with van der Waals surface area (Å²) in [7, 11) is 0. The summed E-state index contributed by atoms with van der Waals surface area (Å²) in [4.78, 5) is 10.6. The van der Waals surface area contributed by atoms with Gasteiger partial charge in [0.05, 0.1) is 0 Å². The van der Waals surface area contributed by atoms with Crippen LogP contribution in [0.3, 0.4) is 0 Å². The first kappa shape index (κ1) is 5.36. The predicted octanol–water partition coefficient (Wildman–Crippen LogP) is -1.03. The van der Waals surface area contributed by atoms with Crippen LogP contribution in [-0.2, 0) is 4.74 Å². The highest BCUT2D eigenvalue weighted by atomic mass is 16.6. The predicted molar refractivity (Wildman–Crippen MR) is 26.8 cm³/mol. The molecule has 0 saturated carbocycles. The normalized spacial score (nSPS) is 22.5. The van der Waals surface area contributed by atoms with Crippen molar-refractivity contribution < 1.29 is 14.6 Å². The van der Waals surface area contributed by atoms with E-state index < -0.39 is 12.3 Å². The first-order valence-electron chi connectivity index (χ1n) is 2.59. The number of ether oxygens (including phenoxy) is 1. The van der Waals surface area contributed by atoms with Gasteiger partial charge in [0.15, 0.2) is 11.4 Å². The monoisotopic (exact) mass is 141 g/mol. The third-order valence-electron chi connectivity index (χ3n) is 1.22. The second kappa shape index (κ2) is 1.54. The molecule has 2 heterocycles. The average Bonchev–Trinajstić information content (AvgIpc) is 2.39. The first-order valence-corrected chi connectivity index (χ1v) is 2.59. The fraction of sp³-hybridized carbons (Fsp3) is 0.250. The van der Waals surface area contributed by atoms with Crippen molar-refractivity contribution in [3.05, 3.63) is 11.4 Å². The van der Waals surface area contributed by atoms with Crippen LogP contribution >= 0.6 is 0 Å². The van der Waals surface area contributed by atoms with E-state index in [1.165, 1.54) is 0 Å². The maximum atomic E-state index is 10.6. The van der Waals surface area contributed by atoms with Gasteiger partial charge in [0.2, 0.25) is 6.29 Å². The minimum atomic E-state index is -1.25. The molecule has 10 heavy (non-hydrogen) atoms. The van der Waals surface area contributed by atoms with Crippen LogP contribution in [0.15, 0.2) is 0 Å². The molecule has 0 saturated heterocycles. The van der Waals surface area contributed by atoms with Crippen LogP contribution in [0.5, 0.6) is 0 Å². The molecule has 6 nitrogen and oxygen atoms in total. The Morgan fingerprint density at radius 2 is 2.40 bits per heavy atom. The highest BCUT2D eigenvalue weighted by Crippen LogP contribution is 2.23. The molecule has 0 amide bonds. The molecule has 2 rings (SSSR count). The zero-order valence-electron chi connectivity index (χ0n) is 4.74. The number of rotatable bonds is 0. The number of esters is 1. The van der Waals surface area contributed by atoms with Gasteiger partial charge < -0.3 is 9.84 Å². The van der Waals surface area contributed by atoms with Crippen molar-refractivity contribution in [1.29, 1.82) is 0 Å². The number of hydrogen-bond acceptors (Lipinski definition) is 5. The lowest BCUT2D eigenvalue weighted by atomic mass is 10.4. The van der Waals surface area contributed by atoms with E-state index in [0.717, 1.165) is 0 Å². The van der Waals surface area contributed by atoms with Crippen LogP contribution in [0.4, 0.5) is 0 Å². The van der Waals surface area contributed by atoms with Crippen molar-refractivity contribution in [2.75, 3.05) is 0 Å². The van der Waals surface area contributed by atoms with Gasteiger partial charge in [-0.25, -0.2) is 4.79 Å². The molecular formula is C4H3N3O3. The molecule has 0 bridgehead atoms. The summed E-state index contributed by atoms with van der Waals surface area (Å²) in [6, 6.07) is 0. The van der Waals surface area contributed by atoms with Crippen LogP contribution in [-0.4, -0.2) is 26.5 Å². The number of H-pyrrole nitrogens is 1. The summed E-state index contributed by atoms with van der Waals surface area (Å²) in [5, 5.41) is 18.0. The van der Waals surface area contributed by atoms with Crippen LogP contribution in [0.2, 0.25) is 0 Å². The molecule has 1 aliphatic heterocycles. The number of aromatic amines is 1. The highest BCUT2D eigenvalue weighted by Gasteiger charge is 2.33. The molecule has 1 aliphatic rings. The molecular weight excluding hydrogens is 138 g/mol. The molecule has 1 unspecified atom stereocenters. The number of fused-ring (bicyclic) bond motifs is 1. The second-order valence-corrected chi connectivity index (χ2v) is 1.82. The zero-order valence-corrected chi connectivity index (χ0v) is 4.74. The van der Waals surface area contributed by atoms with E-state index in [0.29, 0.717) is 0 Å². The van der Waals surface area contributed by atoms with Crippen LogP contribution < -0.4 is 0 Å². The maximum absolute atomic E-state index is 10.6. The summed E-state index contributed by atoms with van der Waals surface area (Å²) in [6.07, 6.45) is -1.25. The minimum absolute atomic E-state index is 0.0625. The van der Waals surface area contributed by atoms with E-state index in [1.807, 2.05) is 0 Å². The average molecular weight is 141 g/mol. The van der Waals surface area contributed by atoms with Gasteiger partial charge in [-0.1, -0.05) is 0 Å². The molecule has 1 aromatic heterocycles. The highest BCUT2D eigenvalue weighted by molar-refractivity contribution is 5.90. The standard InChI is InChI=1S/C4H3N3O3/c8-3-1-2(4(9)10-3)6-7-5-1/h3,8H,(H,5,6,7). The Kier molecular flexibility index (Phi) is 0.825. The Morgan fingerprint density at radius 3 is 3.10 bits per heavy atom. The number of carbonyl (C=O) groups is 1. The first-order chi connectivity index (χ1) is 4.79. The Bertz CT molecular complexity index is 281. The fourth-order valence-electron chi connectivity index (χ4n) is 0.775. The molecule has 2 N–H and O–H groups in total. The van der Waals surface area contributed by atoms with Gasteiger partial charge in [0.25, 0.3) is 0 Å². The molecule has 52 valence electrons. The quantitative estimate of drug-likeness (QED) is 0.451. The molecule has 0 aromatic carbocycles. The third kappa shape index (κ3) is 0.482. The van der Waals surface area contributed by atoms with Crippen molar-refractivity contribution in [2.24, 2.45) is 0 Å². The Labute approximate surface area is 54.8 Å². The van der Waals surface area contributed by atoms with E-state index in [2.05, 4.69) is 20.1 Å². The van der Waals surface area contributed by atoms with E-state index in [4.69, 9.17) is 5.11 Å². The summed E-state index contributed by atoms with van der Waals surface area (Å²) >= 11 is 0. The van der Waals surface area contributed by atoms with Gasteiger partial charge in [-0.15, -0.1) is 5.10 Å². The van der Waals surface area contributed by atoms with Crippen LogP contribution in [0, 0.1) is 0 Å². The van der Waals surface area contributed by atoms with E-state index >= 15 is 0 Å². The van der Waals surface area contributed by atoms with Crippen molar-refractivity contribution in [3.8, 4) is 0 Å². The number of nitrogens with one attached hydrogen (secondary N) is 1. The second-order valence-electron chi connectivity index (χ2n) is 1.82. The van der Waals surface area contributed by atoms with Gasteiger partial charge in [0.1, 0.15) is 0 Å². The molecule has 6 heteroatoms. The van der Waals surface area contributed by atoms with Crippen molar-refractivity contribution in [1.82, 2.24) is 15.4 Å². The summed E-state index contributed by atoms with van der Waals surface area (Å²) < 4.78 is 4.34. The van der Waals surface area contributed by atoms with E-state index in [1.54, 1.807) is 0 Å². The molecule has 0 spiro atoms. The van der Waals surface area contributed by atoms with Gasteiger partial charge in [0, 0.05) is 0 Å². The minimum Gasteiger partial charge on any atom is -0.425 e. The Hall–Kier alpha value is -1.43. The maximum Gasteiger partial charge on any atom is 0.363 e. The van der Waals surface area contributed by atoms with Crippen molar-refractivity contribution in [2.45, 2.75) is 6.29 Å². The number of aromatic nitrogens is 3. The van der Waals surface area contributed by atoms with Gasteiger partial charge >= 0.3 is 5.97 Å². The molecule has 0 fully saturated rings. The van der Waals surface area contributed by atoms with Crippen LogP contribution in [0.25, 0.3) is 0 Å². The topological polar surface area (TPSA) is 88.1 Å². The molecule has 0 aliphatic carbocycles. The van der Waals surface area contributed by atoms with Gasteiger partial charge in [-0.2, -0.15) is 10.3 Å². The summed E-state index contributed by atoms with van der Waals surface area (Å²) in [5.74, 6) is -0.642. The lowest BCUT2D eigenvalue weighted by Crippen LogP contribution is -1.99. The molecule has 1 atom stereocenters. The van der Waals surface area contributed by atoms with Crippen molar-refractivity contribution >= 4 is 5.97 Å². The molecule has 0 radical (unpaired) electrons. The summed E-state index contributed by atoms with van der Waals surface area (Å²) in [5.41, 5.74) is 0.220. The van der Waals surface area contributed by atoms with Gasteiger partial charge in [-0.05, 0) is 0 Å². The van der Waals surface area contributed by atoms with E-state index in [-0.39, 0.29) is 11.4 Å². The smallest absolute Gasteiger partial charge is 0.363 e. The van der Waals surface area contributed by atoms with Crippen molar-refractivity contribution in [3.63, 3.8) is 0 Å². The number of cyclic esters (lactones) is 1. The number of hydrogen-bond donors (Lipinski definition) is 2. The Balaban J connectivity index is 2.58. The SMILES string of the molecule is O=C1OC(O)c2n[nH]nc21. The zero-order chi connectivity index (χ0) is 7.14. The van der Waals surface area contributed by atoms with E-state index in [9.17, 15) is 4.79 Å². The lowest BCUT2D eigenvalue weighted by molar-refractivity contribution is -0.0575. The lowest BCUT2D eigenvalue weighted by Gasteiger charge is -1.96.